The Labute approximate surface area is 105 Å². The van der Waals surface area contributed by atoms with Crippen LogP contribution >= 0.6 is 0 Å². The lowest BCUT2D eigenvalue weighted by Gasteiger charge is -2.22. The van der Waals surface area contributed by atoms with Gasteiger partial charge in [-0.05, 0) is 27.7 Å². The molecule has 0 saturated carbocycles. The lowest BCUT2D eigenvalue weighted by molar-refractivity contribution is -0.156. The summed E-state index contributed by atoms with van der Waals surface area (Å²) in [6.45, 7) is 8.35. The molecule has 0 aliphatic rings. The minimum Gasteiger partial charge on any atom is -0.458 e. The number of aryl methyl sites for hydroxylation is 1. The first-order valence-corrected chi connectivity index (χ1v) is 5.53. The van der Waals surface area contributed by atoms with Crippen LogP contribution in [0, 0.1) is 6.92 Å². The lowest BCUT2D eigenvalue weighted by Crippen LogP contribution is -2.42. The van der Waals surface area contributed by atoms with Crippen molar-refractivity contribution in [2.45, 2.75) is 46.3 Å². The third-order valence-corrected chi connectivity index (χ3v) is 1.84. The van der Waals surface area contributed by atoms with Crippen LogP contribution in [-0.2, 0) is 9.53 Å². The first-order chi connectivity index (χ1) is 8.19. The molecule has 0 radical (unpaired) electrons. The molecule has 0 bridgehead atoms. The Hall–Kier alpha value is -1.92. The summed E-state index contributed by atoms with van der Waals surface area (Å²) in [5.74, 6) is -0.922. The maximum Gasteiger partial charge on any atom is 0.328 e. The SMILES string of the molecule is Cc1nc(C(=O)N[C@@H](C)C(=O)OC(C)(C)C)no1. The number of amides is 1. The number of rotatable bonds is 3. The summed E-state index contributed by atoms with van der Waals surface area (Å²) < 4.78 is 9.79. The number of aromatic nitrogens is 2. The van der Waals surface area contributed by atoms with Gasteiger partial charge in [0.25, 0.3) is 11.7 Å². The number of carbonyl (C=O) groups excluding carboxylic acids is 2. The molecule has 1 amide bonds. The molecule has 1 atom stereocenters. The predicted octanol–water partition coefficient (Wildman–Crippen LogP) is 0.838. The average molecular weight is 255 g/mol. The van der Waals surface area contributed by atoms with Crippen molar-refractivity contribution in [3.05, 3.63) is 11.7 Å². The van der Waals surface area contributed by atoms with E-state index in [1.165, 1.54) is 6.92 Å². The molecule has 0 spiro atoms. The zero-order valence-electron chi connectivity index (χ0n) is 11.1. The fourth-order valence-electron chi connectivity index (χ4n) is 1.10. The van der Waals surface area contributed by atoms with Gasteiger partial charge in [-0.3, -0.25) is 4.79 Å². The molecule has 1 heterocycles. The van der Waals surface area contributed by atoms with Gasteiger partial charge in [-0.15, -0.1) is 0 Å². The van der Waals surface area contributed by atoms with E-state index in [0.717, 1.165) is 0 Å². The molecule has 1 N–H and O–H groups in total. The highest BCUT2D eigenvalue weighted by atomic mass is 16.6. The highest BCUT2D eigenvalue weighted by molar-refractivity contribution is 5.93. The molecule has 100 valence electrons. The van der Waals surface area contributed by atoms with E-state index in [9.17, 15) is 9.59 Å². The quantitative estimate of drug-likeness (QED) is 0.804. The largest absolute Gasteiger partial charge is 0.458 e. The highest BCUT2D eigenvalue weighted by Gasteiger charge is 2.24. The van der Waals surface area contributed by atoms with Crippen LogP contribution in [0.25, 0.3) is 0 Å². The number of carbonyl (C=O) groups is 2. The monoisotopic (exact) mass is 255 g/mol. The van der Waals surface area contributed by atoms with Crippen LogP contribution in [0.2, 0.25) is 0 Å². The van der Waals surface area contributed by atoms with Crippen molar-refractivity contribution in [2.75, 3.05) is 0 Å². The first-order valence-electron chi connectivity index (χ1n) is 5.53. The third kappa shape index (κ3) is 4.15. The predicted molar refractivity (Wildman–Crippen MR) is 61.8 cm³/mol. The van der Waals surface area contributed by atoms with Crippen molar-refractivity contribution in [2.24, 2.45) is 0 Å². The van der Waals surface area contributed by atoms with Crippen LogP contribution in [0.3, 0.4) is 0 Å². The molecule has 0 saturated heterocycles. The number of nitrogens with one attached hydrogen (secondary N) is 1. The fourth-order valence-corrected chi connectivity index (χ4v) is 1.10. The molecular formula is C11H17N3O4. The normalized spacial score (nSPS) is 12.9. The van der Waals surface area contributed by atoms with Gasteiger partial charge in [-0.2, -0.15) is 4.98 Å². The molecule has 0 unspecified atom stereocenters. The summed E-state index contributed by atoms with van der Waals surface area (Å²) in [7, 11) is 0. The van der Waals surface area contributed by atoms with Gasteiger partial charge in [-0.25, -0.2) is 4.79 Å². The van der Waals surface area contributed by atoms with Crippen molar-refractivity contribution in [3.8, 4) is 0 Å². The van der Waals surface area contributed by atoms with Crippen molar-refractivity contribution >= 4 is 11.9 Å². The van der Waals surface area contributed by atoms with Gasteiger partial charge in [0.1, 0.15) is 11.6 Å². The number of nitrogens with zero attached hydrogens (tertiary/aromatic N) is 2. The van der Waals surface area contributed by atoms with Gasteiger partial charge < -0.3 is 14.6 Å². The third-order valence-electron chi connectivity index (χ3n) is 1.84. The molecule has 1 rings (SSSR count). The maximum absolute atomic E-state index is 11.6. The van der Waals surface area contributed by atoms with Gasteiger partial charge in [0, 0.05) is 6.92 Å². The van der Waals surface area contributed by atoms with E-state index >= 15 is 0 Å². The second kappa shape index (κ2) is 5.16. The van der Waals surface area contributed by atoms with E-state index in [0.29, 0.717) is 0 Å². The number of esters is 1. The Kier molecular flexibility index (Phi) is 4.05. The molecular weight excluding hydrogens is 238 g/mol. The molecule has 7 heteroatoms. The van der Waals surface area contributed by atoms with Crippen LogP contribution in [0.1, 0.15) is 44.2 Å². The van der Waals surface area contributed by atoms with Crippen LogP contribution < -0.4 is 5.32 Å². The van der Waals surface area contributed by atoms with Crippen molar-refractivity contribution in [3.63, 3.8) is 0 Å². The first kappa shape index (κ1) is 14.1. The molecule has 0 aromatic carbocycles. The van der Waals surface area contributed by atoms with Gasteiger partial charge >= 0.3 is 5.97 Å². The minimum absolute atomic E-state index is 0.108. The summed E-state index contributed by atoms with van der Waals surface area (Å²) in [6, 6.07) is -0.782. The van der Waals surface area contributed by atoms with E-state index in [2.05, 4.69) is 20.0 Å². The van der Waals surface area contributed by atoms with Gasteiger partial charge in [0.05, 0.1) is 0 Å². The van der Waals surface area contributed by atoms with E-state index in [4.69, 9.17) is 4.74 Å². The Morgan fingerprint density at radius 1 is 1.39 bits per heavy atom. The van der Waals surface area contributed by atoms with Crippen molar-refractivity contribution in [1.82, 2.24) is 15.5 Å². The Morgan fingerprint density at radius 2 is 2.00 bits per heavy atom. The summed E-state index contributed by atoms with van der Waals surface area (Å²) in [5.41, 5.74) is -0.598. The van der Waals surface area contributed by atoms with Gasteiger partial charge in [-0.1, -0.05) is 5.16 Å². The summed E-state index contributed by atoms with van der Waals surface area (Å²) in [4.78, 5) is 27.0. The highest BCUT2D eigenvalue weighted by Crippen LogP contribution is 2.08. The Balaban J connectivity index is 2.57. The molecule has 18 heavy (non-hydrogen) atoms. The fraction of sp³-hybridized carbons (Fsp3) is 0.636. The maximum atomic E-state index is 11.6. The van der Waals surface area contributed by atoms with Crippen LogP contribution in [0.5, 0.6) is 0 Å². The summed E-state index contributed by atoms with van der Waals surface area (Å²) in [6.07, 6.45) is 0. The number of hydrogen-bond donors (Lipinski definition) is 1. The average Bonchev–Trinajstić information content (AvgIpc) is 2.62. The Morgan fingerprint density at radius 3 is 2.44 bits per heavy atom. The second-order valence-corrected chi connectivity index (χ2v) is 4.87. The van der Waals surface area contributed by atoms with E-state index < -0.39 is 23.5 Å². The molecule has 0 fully saturated rings. The minimum atomic E-state index is -0.782. The summed E-state index contributed by atoms with van der Waals surface area (Å²) >= 11 is 0. The molecule has 0 aliphatic carbocycles. The molecule has 1 aromatic heterocycles. The molecule has 1 aromatic rings. The zero-order valence-corrected chi connectivity index (χ0v) is 11.1. The molecule has 7 nitrogen and oxygen atoms in total. The van der Waals surface area contributed by atoms with Crippen LogP contribution in [0.4, 0.5) is 0 Å². The van der Waals surface area contributed by atoms with Crippen LogP contribution in [-0.4, -0.2) is 33.7 Å². The number of hydrogen-bond acceptors (Lipinski definition) is 6. The zero-order chi connectivity index (χ0) is 13.9. The van der Waals surface area contributed by atoms with E-state index in [1.54, 1.807) is 27.7 Å². The van der Waals surface area contributed by atoms with E-state index in [1.807, 2.05) is 0 Å². The van der Waals surface area contributed by atoms with Crippen molar-refractivity contribution in [1.29, 1.82) is 0 Å². The van der Waals surface area contributed by atoms with Gasteiger partial charge in [0.2, 0.25) is 5.89 Å². The smallest absolute Gasteiger partial charge is 0.328 e. The van der Waals surface area contributed by atoms with Crippen LogP contribution in [0.15, 0.2) is 4.52 Å². The standard InChI is InChI=1S/C11H17N3O4/c1-6(10(16)17-11(3,4)5)12-9(15)8-13-7(2)18-14-8/h6H,1-5H3,(H,12,15)/t6-/m0/s1. The number of ether oxygens (including phenoxy) is 1. The van der Waals surface area contributed by atoms with E-state index in [-0.39, 0.29) is 11.7 Å². The van der Waals surface area contributed by atoms with Gasteiger partial charge in [0.15, 0.2) is 0 Å². The topological polar surface area (TPSA) is 94.3 Å². The lowest BCUT2D eigenvalue weighted by atomic mass is 10.2. The Bertz CT molecular complexity index is 447. The van der Waals surface area contributed by atoms with Crippen molar-refractivity contribution < 1.29 is 18.8 Å². The molecule has 0 aliphatic heterocycles. The second-order valence-electron chi connectivity index (χ2n) is 4.87. The summed E-state index contributed by atoms with van der Waals surface area (Å²) in [5, 5.41) is 5.89.